The quantitative estimate of drug-likeness (QED) is 0.619. The summed E-state index contributed by atoms with van der Waals surface area (Å²) in [6.45, 7) is -0.439. The zero-order chi connectivity index (χ0) is 10.8. The Morgan fingerprint density at radius 2 is 1.71 bits per heavy atom. The van der Waals surface area contributed by atoms with Gasteiger partial charge >= 0.3 is 0 Å². The van der Waals surface area contributed by atoms with Gasteiger partial charge in [-0.15, -0.1) is 0 Å². The van der Waals surface area contributed by atoms with Crippen LogP contribution in [0.15, 0.2) is 29.2 Å². The summed E-state index contributed by atoms with van der Waals surface area (Å²) in [4.78, 5) is -0.244. The zero-order valence-electron chi connectivity index (χ0n) is 7.16. The largest absolute Gasteiger partial charge is 0.393 e. The fourth-order valence-corrected chi connectivity index (χ4v) is 1.45. The molecule has 0 amide bonds. The van der Waals surface area contributed by atoms with Crippen molar-refractivity contribution in [3.8, 4) is 0 Å². The Balaban J connectivity index is 3.01. The minimum absolute atomic E-state index is 0.244. The summed E-state index contributed by atoms with van der Waals surface area (Å²) < 4.78 is 29.9. The van der Waals surface area contributed by atoms with Gasteiger partial charge in [0, 0.05) is 0 Å². The summed E-state index contributed by atoms with van der Waals surface area (Å²) in [6.07, 6.45) is -1.04. The molecule has 5 nitrogen and oxygen atoms in total. The van der Waals surface area contributed by atoms with Crippen molar-refractivity contribution in [1.29, 1.82) is 0 Å². The van der Waals surface area contributed by atoms with Gasteiger partial charge in [-0.2, -0.15) is 8.42 Å². The van der Waals surface area contributed by atoms with Crippen LogP contribution in [0, 0.1) is 0 Å². The van der Waals surface area contributed by atoms with E-state index in [2.05, 4.69) is 0 Å². The highest BCUT2D eigenvalue weighted by molar-refractivity contribution is 7.85. The standard InChI is InChI=1S/C8H10O5S/c9-5-8(10)6-1-3-7(4-2-6)14(11,12)13/h1-4,8-10H,5H2,(H,11,12,13)/t8-/m1/s1. The number of rotatable bonds is 3. The molecule has 14 heavy (non-hydrogen) atoms. The minimum Gasteiger partial charge on any atom is -0.393 e. The van der Waals surface area contributed by atoms with Crippen molar-refractivity contribution in [3.63, 3.8) is 0 Å². The van der Waals surface area contributed by atoms with Crippen LogP contribution in [0.25, 0.3) is 0 Å². The van der Waals surface area contributed by atoms with Gasteiger partial charge in [-0.05, 0) is 17.7 Å². The van der Waals surface area contributed by atoms with Gasteiger partial charge in [0.1, 0.15) is 6.10 Å². The first-order chi connectivity index (χ1) is 6.45. The first-order valence-corrected chi connectivity index (χ1v) is 5.25. The molecule has 0 aliphatic heterocycles. The molecule has 1 atom stereocenters. The molecule has 0 aromatic heterocycles. The van der Waals surface area contributed by atoms with E-state index in [0.29, 0.717) is 5.56 Å². The van der Waals surface area contributed by atoms with Crippen molar-refractivity contribution in [1.82, 2.24) is 0 Å². The second-order valence-electron chi connectivity index (χ2n) is 2.74. The molecule has 0 radical (unpaired) electrons. The average molecular weight is 218 g/mol. The highest BCUT2D eigenvalue weighted by Gasteiger charge is 2.10. The highest BCUT2D eigenvalue weighted by atomic mass is 32.2. The smallest absolute Gasteiger partial charge is 0.294 e. The summed E-state index contributed by atoms with van der Waals surface area (Å²) in [5.41, 5.74) is 0.389. The summed E-state index contributed by atoms with van der Waals surface area (Å²) >= 11 is 0. The number of hydrogen-bond donors (Lipinski definition) is 3. The van der Waals surface area contributed by atoms with Crippen molar-refractivity contribution < 1.29 is 23.2 Å². The Bertz CT molecular complexity index is 394. The Kier molecular flexibility index (Phi) is 3.22. The van der Waals surface area contributed by atoms with E-state index in [0.717, 1.165) is 12.1 Å². The molecule has 0 saturated heterocycles. The Morgan fingerprint density at radius 1 is 1.21 bits per heavy atom. The van der Waals surface area contributed by atoms with Crippen molar-refractivity contribution in [3.05, 3.63) is 29.8 Å². The molecule has 0 aliphatic carbocycles. The van der Waals surface area contributed by atoms with Gasteiger partial charge in [-0.3, -0.25) is 4.55 Å². The molecule has 3 N–H and O–H groups in total. The fourth-order valence-electron chi connectivity index (χ4n) is 0.967. The maximum Gasteiger partial charge on any atom is 0.294 e. The predicted molar refractivity (Wildman–Crippen MR) is 48.3 cm³/mol. The molecule has 0 fully saturated rings. The lowest BCUT2D eigenvalue weighted by Crippen LogP contribution is -2.03. The van der Waals surface area contributed by atoms with Crippen LogP contribution in [-0.2, 0) is 10.1 Å². The molecule has 0 saturated carbocycles. The third-order valence-corrected chi connectivity index (χ3v) is 2.60. The molecule has 78 valence electrons. The van der Waals surface area contributed by atoms with Gasteiger partial charge in [0.2, 0.25) is 0 Å². The Hall–Kier alpha value is -0.950. The SMILES string of the molecule is O=S(=O)(O)c1ccc([C@H](O)CO)cc1. The predicted octanol–water partition coefficient (Wildman–Crippen LogP) is -0.0410. The maximum atomic E-state index is 10.6. The van der Waals surface area contributed by atoms with Crippen LogP contribution in [0.4, 0.5) is 0 Å². The van der Waals surface area contributed by atoms with E-state index in [9.17, 15) is 8.42 Å². The van der Waals surface area contributed by atoms with Crippen molar-refractivity contribution in [2.24, 2.45) is 0 Å². The maximum absolute atomic E-state index is 10.6. The van der Waals surface area contributed by atoms with Gasteiger partial charge in [0.15, 0.2) is 0 Å². The van der Waals surface area contributed by atoms with Gasteiger partial charge in [0.25, 0.3) is 10.1 Å². The van der Waals surface area contributed by atoms with Gasteiger partial charge in [0.05, 0.1) is 11.5 Å². The van der Waals surface area contributed by atoms with E-state index in [1.165, 1.54) is 12.1 Å². The molecule has 0 bridgehead atoms. The molecule has 0 heterocycles. The molecular formula is C8H10O5S. The first kappa shape index (κ1) is 11.1. The van der Waals surface area contributed by atoms with E-state index in [1.807, 2.05) is 0 Å². The monoisotopic (exact) mass is 218 g/mol. The molecule has 6 heteroatoms. The molecule has 0 aliphatic rings. The normalized spacial score (nSPS) is 13.9. The topological polar surface area (TPSA) is 94.8 Å². The number of aliphatic hydroxyl groups excluding tert-OH is 2. The van der Waals surface area contributed by atoms with Crippen molar-refractivity contribution >= 4 is 10.1 Å². The third kappa shape index (κ3) is 2.52. The highest BCUT2D eigenvalue weighted by Crippen LogP contribution is 2.15. The van der Waals surface area contributed by atoms with Crippen molar-refractivity contribution in [2.75, 3.05) is 6.61 Å². The zero-order valence-corrected chi connectivity index (χ0v) is 7.98. The summed E-state index contributed by atoms with van der Waals surface area (Å²) in [6, 6.07) is 4.96. The summed E-state index contributed by atoms with van der Waals surface area (Å²) in [7, 11) is -4.20. The summed E-state index contributed by atoms with van der Waals surface area (Å²) in [5.74, 6) is 0. The second kappa shape index (κ2) is 4.05. The van der Waals surface area contributed by atoms with Gasteiger partial charge < -0.3 is 10.2 Å². The fraction of sp³-hybridized carbons (Fsp3) is 0.250. The van der Waals surface area contributed by atoms with Crippen LogP contribution >= 0.6 is 0 Å². The molecule has 1 rings (SSSR count). The number of benzene rings is 1. The first-order valence-electron chi connectivity index (χ1n) is 3.81. The van der Waals surface area contributed by atoms with E-state index in [1.54, 1.807) is 0 Å². The lowest BCUT2D eigenvalue weighted by molar-refractivity contribution is 0.0956. The van der Waals surface area contributed by atoms with E-state index < -0.39 is 22.8 Å². The molecule has 0 spiro atoms. The average Bonchev–Trinajstić information content (AvgIpc) is 2.15. The third-order valence-electron chi connectivity index (χ3n) is 1.74. The lowest BCUT2D eigenvalue weighted by Gasteiger charge is -2.07. The van der Waals surface area contributed by atoms with E-state index in [4.69, 9.17) is 14.8 Å². The molecule has 1 aromatic carbocycles. The van der Waals surface area contributed by atoms with Gasteiger partial charge in [-0.1, -0.05) is 12.1 Å². The van der Waals surface area contributed by atoms with Crippen molar-refractivity contribution in [2.45, 2.75) is 11.0 Å². The Morgan fingerprint density at radius 3 is 2.07 bits per heavy atom. The van der Waals surface area contributed by atoms with E-state index in [-0.39, 0.29) is 4.90 Å². The van der Waals surface area contributed by atoms with Crippen LogP contribution in [0.1, 0.15) is 11.7 Å². The molecular weight excluding hydrogens is 208 g/mol. The lowest BCUT2D eigenvalue weighted by atomic mass is 10.1. The minimum atomic E-state index is -4.20. The number of aliphatic hydroxyl groups is 2. The van der Waals surface area contributed by atoms with E-state index >= 15 is 0 Å². The van der Waals surface area contributed by atoms with Crippen LogP contribution in [0.2, 0.25) is 0 Å². The van der Waals surface area contributed by atoms with Gasteiger partial charge in [-0.25, -0.2) is 0 Å². The van der Waals surface area contributed by atoms with Crippen LogP contribution in [0.3, 0.4) is 0 Å². The van der Waals surface area contributed by atoms with Crippen LogP contribution in [-0.4, -0.2) is 29.8 Å². The molecule has 0 unspecified atom stereocenters. The summed E-state index contributed by atoms with van der Waals surface area (Å²) in [5, 5.41) is 17.8. The Labute approximate surface area is 81.4 Å². The second-order valence-corrected chi connectivity index (χ2v) is 4.16. The van der Waals surface area contributed by atoms with Crippen LogP contribution < -0.4 is 0 Å². The number of hydrogen-bond acceptors (Lipinski definition) is 4. The molecule has 1 aromatic rings. The van der Waals surface area contributed by atoms with Crippen LogP contribution in [0.5, 0.6) is 0 Å².